The molecule has 9 heteroatoms. The molecule has 32 heavy (non-hydrogen) atoms. The number of ether oxygens (including phenoxy) is 4. The van der Waals surface area contributed by atoms with Crippen molar-refractivity contribution in [3.63, 3.8) is 0 Å². The van der Waals surface area contributed by atoms with E-state index in [0.717, 1.165) is 0 Å². The zero-order valence-corrected chi connectivity index (χ0v) is 17.2. The summed E-state index contributed by atoms with van der Waals surface area (Å²) in [4.78, 5) is 12.8. The molecule has 0 aliphatic heterocycles. The van der Waals surface area contributed by atoms with Gasteiger partial charge < -0.3 is 18.9 Å². The van der Waals surface area contributed by atoms with E-state index in [1.54, 1.807) is 24.3 Å². The minimum atomic E-state index is -2.98. The van der Waals surface area contributed by atoms with Crippen molar-refractivity contribution in [3.8, 4) is 23.0 Å². The van der Waals surface area contributed by atoms with Crippen LogP contribution in [0.3, 0.4) is 0 Å². The number of hydrogen-bond donors (Lipinski definition) is 0. The molecule has 0 spiro atoms. The molecule has 0 bridgehead atoms. The standard InChI is InChI=1S/C23H20F4O5/c1-29-19-11-13(3-7-17(19)31-22(24)25)9-15-5-6-16(21(15)28)10-14-4-8-18(32-23(26)27)20(12-14)30-2/h3-4,7-12,22-23H,5-6H2,1-2H3/b15-9+,16-10+. The SMILES string of the molecule is COc1cc(/C=C2\CC/C(=C\c3ccc(OC(F)F)c(OC)c3)C2=O)ccc1OC(F)F. The molecule has 1 fully saturated rings. The molecule has 0 saturated heterocycles. The summed E-state index contributed by atoms with van der Waals surface area (Å²) < 4.78 is 68.9. The lowest BCUT2D eigenvalue weighted by Gasteiger charge is -2.10. The number of hydrogen-bond acceptors (Lipinski definition) is 5. The molecule has 2 aromatic carbocycles. The van der Waals surface area contributed by atoms with Crippen LogP contribution in [0.15, 0.2) is 47.5 Å². The second-order valence-corrected chi connectivity index (χ2v) is 6.75. The van der Waals surface area contributed by atoms with Gasteiger partial charge in [-0.1, -0.05) is 12.1 Å². The first-order chi connectivity index (χ1) is 15.3. The summed E-state index contributed by atoms with van der Waals surface area (Å²) in [7, 11) is 2.66. The van der Waals surface area contributed by atoms with E-state index in [1.807, 2.05) is 0 Å². The van der Waals surface area contributed by atoms with Gasteiger partial charge in [-0.25, -0.2) is 0 Å². The van der Waals surface area contributed by atoms with Crippen molar-refractivity contribution >= 4 is 17.9 Å². The van der Waals surface area contributed by atoms with Gasteiger partial charge in [0, 0.05) is 11.1 Å². The van der Waals surface area contributed by atoms with Crippen molar-refractivity contribution in [1.82, 2.24) is 0 Å². The summed E-state index contributed by atoms with van der Waals surface area (Å²) in [6, 6.07) is 8.81. The van der Waals surface area contributed by atoms with E-state index in [-0.39, 0.29) is 28.8 Å². The molecule has 0 aromatic heterocycles. The normalized spacial score (nSPS) is 16.3. The average molecular weight is 452 g/mol. The van der Waals surface area contributed by atoms with Crippen LogP contribution >= 0.6 is 0 Å². The van der Waals surface area contributed by atoms with E-state index in [4.69, 9.17) is 9.47 Å². The van der Waals surface area contributed by atoms with Gasteiger partial charge in [0.05, 0.1) is 14.2 Å². The van der Waals surface area contributed by atoms with E-state index >= 15 is 0 Å². The Morgan fingerprint density at radius 3 is 1.47 bits per heavy atom. The summed E-state index contributed by atoms with van der Waals surface area (Å²) in [5, 5.41) is 0. The van der Waals surface area contributed by atoms with E-state index in [2.05, 4.69) is 9.47 Å². The summed E-state index contributed by atoms with van der Waals surface area (Å²) in [6.45, 7) is -5.96. The van der Waals surface area contributed by atoms with Gasteiger partial charge in [-0.2, -0.15) is 17.6 Å². The number of carbonyl (C=O) groups is 1. The first kappa shape index (κ1) is 23.2. The molecule has 0 radical (unpaired) electrons. The van der Waals surface area contributed by atoms with Gasteiger partial charge in [-0.15, -0.1) is 0 Å². The number of carbonyl (C=O) groups excluding carboxylic acids is 1. The summed E-state index contributed by atoms with van der Waals surface area (Å²) in [6.07, 6.45) is 4.31. The molecule has 1 aliphatic carbocycles. The average Bonchev–Trinajstić information content (AvgIpc) is 3.08. The van der Waals surface area contributed by atoms with Gasteiger partial charge in [0.1, 0.15) is 0 Å². The molecule has 3 rings (SSSR count). The van der Waals surface area contributed by atoms with Crippen LogP contribution < -0.4 is 18.9 Å². The molecular formula is C23H20F4O5. The first-order valence-corrected chi connectivity index (χ1v) is 9.52. The zero-order chi connectivity index (χ0) is 23.3. The van der Waals surface area contributed by atoms with E-state index in [1.165, 1.54) is 38.5 Å². The van der Waals surface area contributed by atoms with Gasteiger partial charge in [-0.3, -0.25) is 4.79 Å². The highest BCUT2D eigenvalue weighted by Gasteiger charge is 2.23. The number of methoxy groups -OCH3 is 2. The number of allylic oxidation sites excluding steroid dienone is 2. The number of Topliss-reactive ketones (excluding diaryl/α,β-unsaturated/α-hetero) is 1. The Morgan fingerprint density at radius 1 is 0.719 bits per heavy atom. The number of halogens is 4. The zero-order valence-electron chi connectivity index (χ0n) is 17.2. The Labute approximate surface area is 181 Å². The third kappa shape index (κ3) is 5.60. The Hall–Kier alpha value is -3.49. The fourth-order valence-corrected chi connectivity index (χ4v) is 3.32. The first-order valence-electron chi connectivity index (χ1n) is 9.52. The van der Waals surface area contributed by atoms with E-state index in [9.17, 15) is 22.4 Å². The van der Waals surface area contributed by atoms with Crippen molar-refractivity contribution < 1.29 is 41.3 Å². The lowest BCUT2D eigenvalue weighted by molar-refractivity contribution is -0.111. The van der Waals surface area contributed by atoms with Crippen LogP contribution in [-0.2, 0) is 4.79 Å². The lowest BCUT2D eigenvalue weighted by Crippen LogP contribution is -2.03. The molecule has 5 nitrogen and oxygen atoms in total. The number of rotatable bonds is 8. The monoisotopic (exact) mass is 452 g/mol. The molecule has 170 valence electrons. The maximum absolute atomic E-state index is 12.8. The summed E-state index contributed by atoms with van der Waals surface area (Å²) in [5.41, 5.74) is 2.29. The number of alkyl halides is 4. The van der Waals surface area contributed by atoms with Crippen LogP contribution in [0.5, 0.6) is 23.0 Å². The number of benzene rings is 2. The third-order valence-corrected chi connectivity index (χ3v) is 4.74. The maximum Gasteiger partial charge on any atom is 0.387 e. The van der Waals surface area contributed by atoms with Crippen molar-refractivity contribution in [2.24, 2.45) is 0 Å². The molecule has 0 amide bonds. The molecule has 1 saturated carbocycles. The minimum Gasteiger partial charge on any atom is -0.493 e. The van der Waals surface area contributed by atoms with Crippen LogP contribution in [0.2, 0.25) is 0 Å². The Kier molecular flexibility index (Phi) is 7.40. The van der Waals surface area contributed by atoms with E-state index < -0.39 is 13.2 Å². The molecular weight excluding hydrogens is 432 g/mol. The highest BCUT2D eigenvalue weighted by atomic mass is 19.3. The quantitative estimate of drug-likeness (QED) is 0.378. The predicted molar refractivity (Wildman–Crippen MR) is 109 cm³/mol. The van der Waals surface area contributed by atoms with Gasteiger partial charge >= 0.3 is 13.2 Å². The predicted octanol–water partition coefficient (Wildman–Crippen LogP) is 5.74. The van der Waals surface area contributed by atoms with Crippen molar-refractivity contribution in [2.75, 3.05) is 14.2 Å². The van der Waals surface area contributed by atoms with Crippen molar-refractivity contribution in [1.29, 1.82) is 0 Å². The van der Waals surface area contributed by atoms with Crippen LogP contribution in [0.4, 0.5) is 17.6 Å². The van der Waals surface area contributed by atoms with Crippen molar-refractivity contribution in [2.45, 2.75) is 26.1 Å². The van der Waals surface area contributed by atoms with Crippen LogP contribution in [0.25, 0.3) is 12.2 Å². The fourth-order valence-electron chi connectivity index (χ4n) is 3.32. The largest absolute Gasteiger partial charge is 0.493 e. The van der Waals surface area contributed by atoms with Gasteiger partial charge in [0.25, 0.3) is 0 Å². The van der Waals surface area contributed by atoms with Gasteiger partial charge in [0.15, 0.2) is 28.8 Å². The Bertz CT molecular complexity index is 965. The van der Waals surface area contributed by atoms with Crippen LogP contribution in [0, 0.1) is 0 Å². The minimum absolute atomic E-state index is 0.101. The van der Waals surface area contributed by atoms with Gasteiger partial charge in [0.2, 0.25) is 0 Å². The highest BCUT2D eigenvalue weighted by Crippen LogP contribution is 2.35. The number of ketones is 1. The maximum atomic E-state index is 12.8. The highest BCUT2D eigenvalue weighted by molar-refractivity contribution is 6.15. The van der Waals surface area contributed by atoms with Crippen LogP contribution in [-0.4, -0.2) is 33.2 Å². The Morgan fingerprint density at radius 2 is 1.12 bits per heavy atom. The second kappa shape index (κ2) is 10.2. The molecule has 0 N–H and O–H groups in total. The second-order valence-electron chi connectivity index (χ2n) is 6.75. The Balaban J connectivity index is 1.81. The van der Waals surface area contributed by atoms with Crippen LogP contribution in [0.1, 0.15) is 24.0 Å². The fraction of sp³-hybridized carbons (Fsp3) is 0.261. The molecule has 2 aromatic rings. The lowest BCUT2D eigenvalue weighted by atomic mass is 10.1. The van der Waals surface area contributed by atoms with Gasteiger partial charge in [-0.05, 0) is 60.4 Å². The van der Waals surface area contributed by atoms with E-state index in [0.29, 0.717) is 35.1 Å². The topological polar surface area (TPSA) is 54.0 Å². The summed E-state index contributed by atoms with van der Waals surface area (Å²) in [5.74, 6) is -0.116. The summed E-state index contributed by atoms with van der Waals surface area (Å²) >= 11 is 0. The molecule has 0 heterocycles. The molecule has 0 unspecified atom stereocenters. The smallest absolute Gasteiger partial charge is 0.387 e. The third-order valence-electron chi connectivity index (χ3n) is 4.74. The van der Waals surface area contributed by atoms with Crippen molar-refractivity contribution in [3.05, 3.63) is 58.7 Å². The molecule has 1 aliphatic rings. The molecule has 0 atom stereocenters.